The molecule has 0 heterocycles. The molecule has 1 atom stereocenters. The van der Waals surface area contributed by atoms with Crippen LogP contribution < -0.4 is 5.32 Å². The molecule has 0 aliphatic heterocycles. The molecule has 0 aliphatic rings. The molecular weight excluding hydrogens is 222 g/mol. The second kappa shape index (κ2) is 5.45. The number of carbonyl (C=O) groups is 2. The Morgan fingerprint density at radius 1 is 1.35 bits per heavy atom. The second-order valence-electron chi connectivity index (χ2n) is 3.79. The Balaban J connectivity index is 2.90. The number of aliphatic carboxylic acids is 1. The van der Waals surface area contributed by atoms with E-state index in [1.165, 1.54) is 0 Å². The molecule has 5 heteroatoms. The number of amides is 1. The molecule has 0 fully saturated rings. The molecule has 0 aromatic heterocycles. The Hall–Kier alpha value is -1.88. The highest BCUT2D eigenvalue weighted by atomic mass is 16.4. The molecule has 0 unspecified atom stereocenters. The van der Waals surface area contributed by atoms with Crippen molar-refractivity contribution < 1.29 is 19.8 Å². The van der Waals surface area contributed by atoms with Gasteiger partial charge >= 0.3 is 5.97 Å². The Bertz CT molecular complexity index is 442. The molecular formula is C12H15NO4. The highest BCUT2D eigenvalue weighted by Crippen LogP contribution is 2.12. The second-order valence-corrected chi connectivity index (χ2v) is 3.79. The third-order valence-corrected chi connectivity index (χ3v) is 2.64. The van der Waals surface area contributed by atoms with Crippen molar-refractivity contribution in [1.82, 2.24) is 5.32 Å². The van der Waals surface area contributed by atoms with E-state index < -0.39 is 24.5 Å². The molecule has 0 spiro atoms. The van der Waals surface area contributed by atoms with Crippen molar-refractivity contribution in [3.8, 4) is 0 Å². The lowest BCUT2D eigenvalue weighted by molar-refractivity contribution is -0.140. The molecule has 17 heavy (non-hydrogen) atoms. The van der Waals surface area contributed by atoms with Crippen molar-refractivity contribution in [1.29, 1.82) is 0 Å². The van der Waals surface area contributed by atoms with Gasteiger partial charge in [-0.2, -0.15) is 0 Å². The van der Waals surface area contributed by atoms with Crippen LogP contribution in [-0.2, 0) is 4.79 Å². The number of carbonyl (C=O) groups excluding carboxylic acids is 1. The van der Waals surface area contributed by atoms with E-state index in [9.17, 15) is 9.59 Å². The van der Waals surface area contributed by atoms with E-state index in [2.05, 4.69) is 5.32 Å². The fourth-order valence-electron chi connectivity index (χ4n) is 1.42. The maximum atomic E-state index is 11.8. The SMILES string of the molecule is Cc1cccc(C(=O)N[C@H](CO)C(=O)O)c1C. The first-order chi connectivity index (χ1) is 7.97. The van der Waals surface area contributed by atoms with Crippen LogP contribution in [0.3, 0.4) is 0 Å². The summed E-state index contributed by atoms with van der Waals surface area (Å²) in [5, 5.41) is 19.8. The first kappa shape index (κ1) is 13.2. The molecule has 1 amide bonds. The normalized spacial score (nSPS) is 11.9. The van der Waals surface area contributed by atoms with Crippen molar-refractivity contribution in [2.24, 2.45) is 0 Å². The zero-order valence-electron chi connectivity index (χ0n) is 9.73. The van der Waals surface area contributed by atoms with E-state index in [-0.39, 0.29) is 0 Å². The molecule has 3 N–H and O–H groups in total. The van der Waals surface area contributed by atoms with Crippen LogP contribution in [0.2, 0.25) is 0 Å². The van der Waals surface area contributed by atoms with Crippen LogP contribution in [0, 0.1) is 13.8 Å². The number of rotatable bonds is 4. The zero-order valence-corrected chi connectivity index (χ0v) is 9.73. The highest BCUT2D eigenvalue weighted by Gasteiger charge is 2.20. The van der Waals surface area contributed by atoms with Crippen molar-refractivity contribution in [2.45, 2.75) is 19.9 Å². The summed E-state index contributed by atoms with van der Waals surface area (Å²) in [6.45, 7) is 3.03. The van der Waals surface area contributed by atoms with Gasteiger partial charge in [0, 0.05) is 5.56 Å². The molecule has 1 aromatic rings. The molecule has 0 saturated heterocycles. The van der Waals surface area contributed by atoms with Crippen LogP contribution in [0.4, 0.5) is 0 Å². The van der Waals surface area contributed by atoms with Gasteiger partial charge in [0.25, 0.3) is 5.91 Å². The van der Waals surface area contributed by atoms with Crippen LogP contribution in [0.25, 0.3) is 0 Å². The van der Waals surface area contributed by atoms with Gasteiger partial charge in [-0.25, -0.2) is 4.79 Å². The van der Waals surface area contributed by atoms with Gasteiger partial charge in [0.2, 0.25) is 0 Å². The molecule has 0 aliphatic carbocycles. The predicted octanol–water partition coefficient (Wildman–Crippen LogP) is 0.479. The van der Waals surface area contributed by atoms with Gasteiger partial charge in [-0.15, -0.1) is 0 Å². The number of aliphatic hydroxyl groups excluding tert-OH is 1. The van der Waals surface area contributed by atoms with Gasteiger partial charge in [-0.1, -0.05) is 12.1 Å². The van der Waals surface area contributed by atoms with E-state index in [0.29, 0.717) is 5.56 Å². The minimum absolute atomic E-state index is 0.421. The number of hydrogen-bond donors (Lipinski definition) is 3. The summed E-state index contributed by atoms with van der Waals surface area (Å²) in [6, 6.07) is 3.94. The van der Waals surface area contributed by atoms with Crippen molar-refractivity contribution in [3.63, 3.8) is 0 Å². The van der Waals surface area contributed by atoms with E-state index in [4.69, 9.17) is 10.2 Å². The maximum absolute atomic E-state index is 11.8. The number of aliphatic hydroxyl groups is 1. The molecule has 0 saturated carbocycles. The van der Waals surface area contributed by atoms with Gasteiger partial charge in [0.05, 0.1) is 6.61 Å². The van der Waals surface area contributed by atoms with E-state index >= 15 is 0 Å². The Morgan fingerprint density at radius 2 is 2.00 bits per heavy atom. The minimum Gasteiger partial charge on any atom is -0.480 e. The summed E-state index contributed by atoms with van der Waals surface area (Å²) in [6.07, 6.45) is 0. The average molecular weight is 237 g/mol. The van der Waals surface area contributed by atoms with Crippen LogP contribution in [0.15, 0.2) is 18.2 Å². The van der Waals surface area contributed by atoms with Crippen LogP contribution >= 0.6 is 0 Å². The number of benzene rings is 1. The van der Waals surface area contributed by atoms with Gasteiger partial charge < -0.3 is 15.5 Å². The van der Waals surface area contributed by atoms with Crippen molar-refractivity contribution in [2.75, 3.05) is 6.61 Å². The Labute approximate surface area is 99.1 Å². The van der Waals surface area contributed by atoms with E-state index in [1.807, 2.05) is 13.0 Å². The van der Waals surface area contributed by atoms with E-state index in [0.717, 1.165) is 11.1 Å². The summed E-state index contributed by atoms with van der Waals surface area (Å²) in [5.74, 6) is -1.75. The van der Waals surface area contributed by atoms with Crippen molar-refractivity contribution in [3.05, 3.63) is 34.9 Å². The number of carboxylic acids is 1. The quantitative estimate of drug-likeness (QED) is 0.710. The van der Waals surface area contributed by atoms with Crippen LogP contribution in [0.5, 0.6) is 0 Å². The number of carboxylic acid groups (broad SMARTS) is 1. The lowest BCUT2D eigenvalue weighted by Gasteiger charge is -2.13. The lowest BCUT2D eigenvalue weighted by Crippen LogP contribution is -2.43. The van der Waals surface area contributed by atoms with Gasteiger partial charge in [-0.3, -0.25) is 4.79 Å². The Morgan fingerprint density at radius 3 is 2.53 bits per heavy atom. The highest BCUT2D eigenvalue weighted by molar-refractivity contribution is 5.98. The molecule has 1 rings (SSSR count). The molecule has 0 radical (unpaired) electrons. The monoisotopic (exact) mass is 237 g/mol. The molecule has 0 bridgehead atoms. The standard InChI is InChI=1S/C12H15NO4/c1-7-4-3-5-9(8(7)2)11(15)13-10(6-14)12(16)17/h3-5,10,14H,6H2,1-2H3,(H,13,15)(H,16,17)/t10-/m1/s1. The van der Waals surface area contributed by atoms with Gasteiger partial charge in [-0.05, 0) is 31.0 Å². The first-order valence-electron chi connectivity index (χ1n) is 5.18. The third-order valence-electron chi connectivity index (χ3n) is 2.64. The average Bonchev–Trinajstić information content (AvgIpc) is 2.28. The van der Waals surface area contributed by atoms with Crippen LogP contribution in [-0.4, -0.2) is 34.7 Å². The summed E-state index contributed by atoms with van der Waals surface area (Å²) in [7, 11) is 0. The van der Waals surface area contributed by atoms with Gasteiger partial charge in [0.1, 0.15) is 0 Å². The largest absolute Gasteiger partial charge is 0.480 e. The van der Waals surface area contributed by atoms with Crippen molar-refractivity contribution >= 4 is 11.9 Å². The third kappa shape index (κ3) is 3.04. The fraction of sp³-hybridized carbons (Fsp3) is 0.333. The summed E-state index contributed by atoms with van der Waals surface area (Å²) in [5.41, 5.74) is 2.17. The first-order valence-corrected chi connectivity index (χ1v) is 5.18. The fourth-order valence-corrected chi connectivity index (χ4v) is 1.42. The molecule has 92 valence electrons. The maximum Gasteiger partial charge on any atom is 0.328 e. The molecule has 1 aromatic carbocycles. The smallest absolute Gasteiger partial charge is 0.328 e. The number of hydrogen-bond acceptors (Lipinski definition) is 3. The van der Waals surface area contributed by atoms with Gasteiger partial charge in [0.15, 0.2) is 6.04 Å². The summed E-state index contributed by atoms with van der Waals surface area (Å²) < 4.78 is 0. The molecule has 5 nitrogen and oxygen atoms in total. The predicted molar refractivity (Wildman–Crippen MR) is 61.9 cm³/mol. The number of nitrogens with one attached hydrogen (secondary N) is 1. The van der Waals surface area contributed by atoms with Crippen LogP contribution in [0.1, 0.15) is 21.5 Å². The summed E-state index contributed by atoms with van der Waals surface area (Å²) in [4.78, 5) is 22.5. The lowest BCUT2D eigenvalue weighted by atomic mass is 10.0. The topological polar surface area (TPSA) is 86.6 Å². The Kier molecular flexibility index (Phi) is 4.23. The zero-order chi connectivity index (χ0) is 13.0. The minimum atomic E-state index is -1.28. The van der Waals surface area contributed by atoms with E-state index in [1.54, 1.807) is 19.1 Å². The number of aryl methyl sites for hydroxylation is 1. The summed E-state index contributed by atoms with van der Waals surface area (Å²) >= 11 is 0.